The van der Waals surface area contributed by atoms with Crippen molar-refractivity contribution in [1.29, 1.82) is 0 Å². The van der Waals surface area contributed by atoms with Crippen LogP contribution in [0.5, 0.6) is 11.5 Å². The molecule has 0 bridgehead atoms. The maximum Gasteiger partial charge on any atom is 0.534 e. The molecule has 0 saturated heterocycles. The van der Waals surface area contributed by atoms with Crippen LogP contribution in [0.15, 0.2) is 17.7 Å². The van der Waals surface area contributed by atoms with Crippen LogP contribution in [-0.2, 0) is 36.3 Å². The minimum Gasteiger partial charge on any atom is -0.492 e. The Kier molecular flexibility index (Phi) is 6.10. The van der Waals surface area contributed by atoms with E-state index in [2.05, 4.69) is 4.18 Å². The average Bonchev–Trinajstić information content (AvgIpc) is 2.67. The second-order valence-electron chi connectivity index (χ2n) is 8.92. The molecule has 11 heteroatoms. The van der Waals surface area contributed by atoms with Gasteiger partial charge in [0.05, 0.1) is 20.6 Å². The summed E-state index contributed by atoms with van der Waals surface area (Å²) < 4.78 is 76.7. The first-order chi connectivity index (χ1) is 15.1. The molecule has 0 aliphatic heterocycles. The van der Waals surface area contributed by atoms with Crippen molar-refractivity contribution in [1.82, 2.24) is 0 Å². The molecule has 182 valence electrons. The molecule has 2 aliphatic rings. The van der Waals surface area contributed by atoms with E-state index in [0.717, 1.165) is 5.57 Å². The molecule has 1 fully saturated rings. The molecule has 2 aliphatic carbocycles. The van der Waals surface area contributed by atoms with Crippen molar-refractivity contribution in [3.05, 3.63) is 34.4 Å². The molecule has 1 aromatic rings. The molecule has 33 heavy (non-hydrogen) atoms. The van der Waals surface area contributed by atoms with Gasteiger partial charge < -0.3 is 13.7 Å². The van der Waals surface area contributed by atoms with Gasteiger partial charge in [0.25, 0.3) is 0 Å². The van der Waals surface area contributed by atoms with Crippen LogP contribution in [0.3, 0.4) is 0 Å². The first-order valence-electron chi connectivity index (χ1n) is 10.1. The third-order valence-electron chi connectivity index (χ3n) is 6.45. The number of aryl methyl sites for hydroxylation is 1. The van der Waals surface area contributed by atoms with Gasteiger partial charge in [0, 0.05) is 29.2 Å². The topological polar surface area (TPSA) is 96.0 Å². The molecule has 3 rings (SSSR count). The third kappa shape index (κ3) is 4.11. The predicted molar refractivity (Wildman–Crippen MR) is 111 cm³/mol. The largest absolute Gasteiger partial charge is 0.534 e. The maximum atomic E-state index is 12.9. The van der Waals surface area contributed by atoms with E-state index >= 15 is 0 Å². The minimum atomic E-state index is -5.92. The number of Topliss-reactive ketones (excluding diaryl/α,β-unsaturated/α-hetero) is 1. The molecule has 0 heterocycles. The summed E-state index contributed by atoms with van der Waals surface area (Å²) in [6, 6.07) is 1.53. The van der Waals surface area contributed by atoms with E-state index in [0.29, 0.717) is 11.1 Å². The Morgan fingerprint density at radius 2 is 1.79 bits per heavy atom. The van der Waals surface area contributed by atoms with Gasteiger partial charge in [0.1, 0.15) is 5.78 Å². The summed E-state index contributed by atoms with van der Waals surface area (Å²) in [7, 11) is -3.44. The van der Waals surface area contributed by atoms with Gasteiger partial charge in [-0.15, -0.1) is 0 Å². The highest BCUT2D eigenvalue weighted by atomic mass is 32.2. The summed E-state index contributed by atoms with van der Waals surface area (Å²) in [6.45, 7) is 5.05. The SMILES string of the molecule is COC(=O)C[C@]1(C)CC(=O)C[C@]2(C)C1=CCc1c2cc(C)c(OS(=O)(=O)C(F)(F)F)c1OC. The van der Waals surface area contributed by atoms with Gasteiger partial charge in [-0.2, -0.15) is 21.6 Å². The number of hydrogen-bond donors (Lipinski definition) is 0. The van der Waals surface area contributed by atoms with Crippen LogP contribution < -0.4 is 8.92 Å². The first-order valence-corrected chi connectivity index (χ1v) is 11.5. The summed E-state index contributed by atoms with van der Waals surface area (Å²) in [6.07, 6.45) is 2.29. The summed E-state index contributed by atoms with van der Waals surface area (Å²) in [5, 5.41) is 0. The maximum absolute atomic E-state index is 12.9. The molecule has 0 N–H and O–H groups in total. The number of rotatable bonds is 5. The molecule has 2 atom stereocenters. The second kappa shape index (κ2) is 8.03. The van der Waals surface area contributed by atoms with E-state index in [1.165, 1.54) is 27.2 Å². The Labute approximate surface area is 190 Å². The quantitative estimate of drug-likeness (QED) is 0.267. The van der Waals surface area contributed by atoms with E-state index in [9.17, 15) is 31.2 Å². The molecular weight excluding hydrogens is 465 g/mol. The van der Waals surface area contributed by atoms with Crippen molar-refractivity contribution in [2.45, 2.75) is 57.4 Å². The van der Waals surface area contributed by atoms with Crippen molar-refractivity contribution in [2.24, 2.45) is 5.41 Å². The Morgan fingerprint density at radius 3 is 2.33 bits per heavy atom. The van der Waals surface area contributed by atoms with E-state index < -0.39 is 38.2 Å². The smallest absolute Gasteiger partial charge is 0.492 e. The fourth-order valence-corrected chi connectivity index (χ4v) is 5.71. The number of allylic oxidation sites excluding steroid dienone is 2. The van der Waals surface area contributed by atoms with E-state index in [1.807, 2.05) is 19.9 Å². The van der Waals surface area contributed by atoms with Gasteiger partial charge in [-0.05, 0) is 24.5 Å². The van der Waals surface area contributed by atoms with Crippen LogP contribution >= 0.6 is 0 Å². The Morgan fingerprint density at radius 1 is 1.15 bits per heavy atom. The van der Waals surface area contributed by atoms with Crippen LogP contribution in [0.2, 0.25) is 0 Å². The van der Waals surface area contributed by atoms with Crippen LogP contribution in [0.25, 0.3) is 0 Å². The third-order valence-corrected chi connectivity index (χ3v) is 7.41. The lowest BCUT2D eigenvalue weighted by molar-refractivity contribution is -0.143. The van der Waals surface area contributed by atoms with Crippen LogP contribution in [-0.4, -0.2) is 39.9 Å². The minimum absolute atomic E-state index is 0.00681. The van der Waals surface area contributed by atoms with Gasteiger partial charge in [-0.25, -0.2) is 0 Å². The number of halogens is 3. The monoisotopic (exact) mass is 490 g/mol. The lowest BCUT2D eigenvalue weighted by Gasteiger charge is -2.49. The van der Waals surface area contributed by atoms with Gasteiger partial charge in [-0.1, -0.05) is 31.6 Å². The van der Waals surface area contributed by atoms with Crippen molar-refractivity contribution < 1.29 is 44.8 Å². The van der Waals surface area contributed by atoms with Crippen molar-refractivity contribution >= 4 is 21.9 Å². The fourth-order valence-electron chi connectivity index (χ4n) is 5.19. The summed E-state index contributed by atoms with van der Waals surface area (Å²) in [5.41, 5.74) is -5.27. The lowest BCUT2D eigenvalue weighted by Crippen LogP contribution is -2.46. The molecule has 0 amide bonds. The molecule has 7 nitrogen and oxygen atoms in total. The Balaban J connectivity index is 2.19. The highest BCUT2D eigenvalue weighted by Crippen LogP contribution is 2.57. The number of alkyl halides is 3. The van der Waals surface area contributed by atoms with Gasteiger partial charge in [0.2, 0.25) is 0 Å². The van der Waals surface area contributed by atoms with E-state index in [1.54, 1.807) is 0 Å². The van der Waals surface area contributed by atoms with E-state index in [-0.39, 0.29) is 42.8 Å². The number of ketones is 1. The summed E-state index contributed by atoms with van der Waals surface area (Å²) >= 11 is 0. The molecular formula is C22H25F3O7S. The number of fused-ring (bicyclic) bond motifs is 3. The van der Waals surface area contributed by atoms with Gasteiger partial charge >= 0.3 is 21.6 Å². The number of benzene rings is 1. The zero-order valence-electron chi connectivity index (χ0n) is 18.9. The number of methoxy groups -OCH3 is 2. The molecule has 0 radical (unpaired) electrons. The van der Waals surface area contributed by atoms with Gasteiger partial charge in [0.15, 0.2) is 11.5 Å². The molecule has 0 aromatic heterocycles. The number of hydrogen-bond acceptors (Lipinski definition) is 7. The molecule has 0 unspecified atom stereocenters. The second-order valence-corrected chi connectivity index (χ2v) is 10.5. The zero-order chi connectivity index (χ0) is 25.0. The summed E-state index contributed by atoms with van der Waals surface area (Å²) in [5.74, 6) is -1.22. The van der Waals surface area contributed by atoms with Gasteiger partial charge in [-0.3, -0.25) is 9.59 Å². The number of esters is 1. The molecule has 1 saturated carbocycles. The Hall–Kier alpha value is -2.56. The van der Waals surface area contributed by atoms with Crippen molar-refractivity contribution in [2.75, 3.05) is 14.2 Å². The number of ether oxygens (including phenoxy) is 2. The normalized spacial score (nSPS) is 25.0. The summed E-state index contributed by atoms with van der Waals surface area (Å²) in [4.78, 5) is 24.9. The van der Waals surface area contributed by atoms with Crippen LogP contribution in [0.4, 0.5) is 13.2 Å². The number of carbonyl (C=O) groups excluding carboxylic acids is 2. The first kappa shape index (κ1) is 25.1. The predicted octanol–water partition coefficient (Wildman–Crippen LogP) is 3.90. The highest BCUT2D eigenvalue weighted by molar-refractivity contribution is 7.88. The van der Waals surface area contributed by atoms with E-state index in [4.69, 9.17) is 9.47 Å². The van der Waals surface area contributed by atoms with Crippen LogP contribution in [0.1, 0.15) is 49.8 Å². The number of carbonyl (C=O) groups is 2. The standard InChI is InChI=1S/C22H25F3O7S/c1-12-8-15-14(19(31-5)18(12)32-33(28,29)22(23,24)25)6-7-16-20(2,11-17(27)30-4)9-13(26)10-21(15,16)3/h7-8H,6,9-11H2,1-5H3/t20-,21-/m0/s1. The lowest BCUT2D eigenvalue weighted by atomic mass is 9.53. The average molecular weight is 490 g/mol. The zero-order valence-corrected chi connectivity index (χ0v) is 19.7. The highest BCUT2D eigenvalue weighted by Gasteiger charge is 2.53. The molecule has 1 aromatic carbocycles. The van der Waals surface area contributed by atoms with Crippen molar-refractivity contribution in [3.8, 4) is 11.5 Å². The fraction of sp³-hybridized carbons (Fsp3) is 0.545. The van der Waals surface area contributed by atoms with Crippen LogP contribution in [0, 0.1) is 12.3 Å². The Bertz CT molecular complexity index is 1150. The van der Waals surface area contributed by atoms with Crippen molar-refractivity contribution in [3.63, 3.8) is 0 Å². The molecule has 0 spiro atoms.